The van der Waals surface area contributed by atoms with Gasteiger partial charge in [0.2, 0.25) is 11.8 Å². The Kier molecular flexibility index (Phi) is 4.66. The summed E-state index contributed by atoms with van der Waals surface area (Å²) in [5.41, 5.74) is 1.24. The van der Waals surface area contributed by atoms with Crippen LogP contribution in [0.2, 0.25) is 0 Å². The summed E-state index contributed by atoms with van der Waals surface area (Å²) in [6, 6.07) is 9.54. The van der Waals surface area contributed by atoms with Crippen molar-refractivity contribution in [2.75, 3.05) is 19.6 Å². The molecule has 2 amide bonds. The summed E-state index contributed by atoms with van der Waals surface area (Å²) in [6.45, 7) is 6.96. The zero-order chi connectivity index (χ0) is 16.4. The molecule has 3 atom stereocenters. The van der Waals surface area contributed by atoms with Crippen LogP contribution in [0.4, 0.5) is 0 Å². The number of rotatable bonds is 4. The van der Waals surface area contributed by atoms with E-state index in [2.05, 4.69) is 22.3 Å². The van der Waals surface area contributed by atoms with Crippen LogP contribution >= 0.6 is 0 Å². The smallest absolute Gasteiger partial charge is 0.246 e. The predicted octanol–water partition coefficient (Wildman–Crippen LogP) is 1.24. The Bertz CT molecular complexity index is 575. The number of carbonyl (C=O) groups excluding carboxylic acids is 2. The van der Waals surface area contributed by atoms with Gasteiger partial charge in [-0.15, -0.1) is 0 Å². The zero-order valence-corrected chi connectivity index (χ0v) is 13.9. The molecule has 1 aromatic carbocycles. The number of nitrogens with one attached hydrogen (secondary N) is 1. The van der Waals surface area contributed by atoms with E-state index in [9.17, 15) is 9.59 Å². The van der Waals surface area contributed by atoms with Gasteiger partial charge in [0, 0.05) is 26.2 Å². The normalized spacial score (nSPS) is 26.6. The molecule has 2 fully saturated rings. The van der Waals surface area contributed by atoms with E-state index >= 15 is 0 Å². The molecule has 0 spiro atoms. The van der Waals surface area contributed by atoms with Crippen LogP contribution in [0.1, 0.15) is 25.8 Å². The first-order valence-corrected chi connectivity index (χ1v) is 8.47. The molecule has 0 radical (unpaired) electrons. The number of nitrogens with zero attached hydrogens (tertiary/aromatic N) is 2. The maximum absolute atomic E-state index is 12.7. The second kappa shape index (κ2) is 6.71. The fraction of sp³-hybridized carbons (Fsp3) is 0.556. The van der Waals surface area contributed by atoms with Crippen LogP contribution in [0, 0.1) is 5.92 Å². The van der Waals surface area contributed by atoms with Crippen LogP contribution < -0.4 is 5.32 Å². The van der Waals surface area contributed by atoms with Gasteiger partial charge in [-0.3, -0.25) is 14.5 Å². The predicted molar refractivity (Wildman–Crippen MR) is 88.6 cm³/mol. The average molecular weight is 315 g/mol. The molecule has 0 aliphatic carbocycles. The third-order valence-electron chi connectivity index (χ3n) is 5.08. The molecule has 2 heterocycles. The Labute approximate surface area is 137 Å². The number of amides is 2. The van der Waals surface area contributed by atoms with E-state index in [4.69, 9.17) is 0 Å². The van der Waals surface area contributed by atoms with E-state index in [1.54, 1.807) is 4.90 Å². The van der Waals surface area contributed by atoms with Gasteiger partial charge in [0.05, 0.1) is 0 Å². The monoisotopic (exact) mass is 315 g/mol. The molecule has 0 unspecified atom stereocenters. The summed E-state index contributed by atoms with van der Waals surface area (Å²) in [4.78, 5) is 29.2. The molecule has 2 aliphatic rings. The molecule has 3 rings (SSSR count). The Balaban J connectivity index is 1.68. The molecule has 0 aromatic heterocycles. The molecule has 1 N–H and O–H groups in total. The first-order valence-electron chi connectivity index (χ1n) is 8.47. The highest BCUT2D eigenvalue weighted by atomic mass is 16.2. The van der Waals surface area contributed by atoms with Crippen molar-refractivity contribution in [3.63, 3.8) is 0 Å². The van der Waals surface area contributed by atoms with Crippen molar-refractivity contribution < 1.29 is 9.59 Å². The largest absolute Gasteiger partial charge is 0.342 e. The Hall–Kier alpha value is -1.88. The maximum atomic E-state index is 12.7. The van der Waals surface area contributed by atoms with Crippen LogP contribution in [-0.2, 0) is 16.1 Å². The molecule has 0 bridgehead atoms. The van der Waals surface area contributed by atoms with E-state index in [0.29, 0.717) is 13.1 Å². The van der Waals surface area contributed by atoms with Crippen LogP contribution in [0.3, 0.4) is 0 Å². The lowest BCUT2D eigenvalue weighted by Crippen LogP contribution is -2.70. The molecule has 2 saturated heterocycles. The molecule has 124 valence electrons. The number of carbonyl (C=O) groups is 2. The quantitative estimate of drug-likeness (QED) is 0.910. The van der Waals surface area contributed by atoms with Gasteiger partial charge in [0.15, 0.2) is 0 Å². The van der Waals surface area contributed by atoms with Crippen molar-refractivity contribution >= 4 is 11.8 Å². The van der Waals surface area contributed by atoms with E-state index in [1.807, 2.05) is 32.0 Å². The molecular weight excluding hydrogens is 290 g/mol. The van der Waals surface area contributed by atoms with Crippen LogP contribution in [0.5, 0.6) is 0 Å². The molecule has 5 nitrogen and oxygen atoms in total. The maximum Gasteiger partial charge on any atom is 0.246 e. The Morgan fingerprint density at radius 3 is 2.65 bits per heavy atom. The number of piperazine rings is 2. The fourth-order valence-corrected chi connectivity index (χ4v) is 3.42. The first-order chi connectivity index (χ1) is 11.1. The molecule has 5 heteroatoms. The van der Waals surface area contributed by atoms with Gasteiger partial charge in [-0.25, -0.2) is 0 Å². The number of benzene rings is 1. The fourth-order valence-electron chi connectivity index (χ4n) is 3.42. The average Bonchev–Trinajstić information content (AvgIpc) is 2.58. The minimum absolute atomic E-state index is 0.00679. The highest BCUT2D eigenvalue weighted by Gasteiger charge is 2.44. The lowest BCUT2D eigenvalue weighted by molar-refractivity contribution is -0.154. The summed E-state index contributed by atoms with van der Waals surface area (Å²) >= 11 is 0. The third kappa shape index (κ3) is 3.24. The van der Waals surface area contributed by atoms with E-state index in [0.717, 1.165) is 19.5 Å². The number of hydrogen-bond acceptors (Lipinski definition) is 3. The van der Waals surface area contributed by atoms with Gasteiger partial charge in [-0.2, -0.15) is 0 Å². The second-order valence-electron chi connectivity index (χ2n) is 6.64. The third-order valence-corrected chi connectivity index (χ3v) is 5.08. The topological polar surface area (TPSA) is 52.7 Å². The summed E-state index contributed by atoms with van der Waals surface area (Å²) in [7, 11) is 0. The van der Waals surface area contributed by atoms with E-state index < -0.39 is 0 Å². The molecule has 2 aliphatic heterocycles. The minimum atomic E-state index is -0.357. The molecule has 0 saturated carbocycles. The van der Waals surface area contributed by atoms with Crippen molar-refractivity contribution in [3.8, 4) is 0 Å². The Morgan fingerprint density at radius 1 is 1.22 bits per heavy atom. The first kappa shape index (κ1) is 16.0. The summed E-state index contributed by atoms with van der Waals surface area (Å²) in [6.07, 6.45) is 0.884. The van der Waals surface area contributed by atoms with Crippen molar-refractivity contribution in [3.05, 3.63) is 35.9 Å². The zero-order valence-electron chi connectivity index (χ0n) is 13.9. The lowest BCUT2D eigenvalue weighted by atomic mass is 9.93. The number of fused-ring (bicyclic) bond motifs is 1. The standard InChI is InChI=1S/C18H25N3O2/c1-3-13(2)16-18(23)21-10-9-20(12-15(21)17(22)19-16)11-14-7-5-4-6-8-14/h4-8,13,15-16H,3,9-12H2,1-2H3,(H,19,22)/t13-,15+,16-/m0/s1. The highest BCUT2D eigenvalue weighted by molar-refractivity contribution is 5.97. The minimum Gasteiger partial charge on any atom is -0.342 e. The van der Waals surface area contributed by atoms with Crippen LogP contribution in [0.15, 0.2) is 30.3 Å². The van der Waals surface area contributed by atoms with Crippen molar-refractivity contribution in [2.45, 2.75) is 38.9 Å². The van der Waals surface area contributed by atoms with Gasteiger partial charge in [-0.1, -0.05) is 50.6 Å². The Morgan fingerprint density at radius 2 is 1.96 bits per heavy atom. The van der Waals surface area contributed by atoms with Gasteiger partial charge in [0.25, 0.3) is 0 Å². The second-order valence-corrected chi connectivity index (χ2v) is 6.64. The van der Waals surface area contributed by atoms with Gasteiger partial charge >= 0.3 is 0 Å². The van der Waals surface area contributed by atoms with Crippen LogP contribution in [0.25, 0.3) is 0 Å². The summed E-state index contributed by atoms with van der Waals surface area (Å²) in [5, 5.41) is 2.94. The SMILES string of the molecule is CC[C@H](C)[C@@H]1NC(=O)[C@H]2CN(Cc3ccccc3)CCN2C1=O. The molecule has 1 aromatic rings. The van der Waals surface area contributed by atoms with Crippen molar-refractivity contribution in [2.24, 2.45) is 5.92 Å². The van der Waals surface area contributed by atoms with Gasteiger partial charge in [0.1, 0.15) is 12.1 Å². The highest BCUT2D eigenvalue weighted by Crippen LogP contribution is 2.21. The molecule has 23 heavy (non-hydrogen) atoms. The van der Waals surface area contributed by atoms with Gasteiger partial charge < -0.3 is 10.2 Å². The lowest BCUT2D eigenvalue weighted by Gasteiger charge is -2.46. The van der Waals surface area contributed by atoms with E-state index in [-0.39, 0.29) is 29.8 Å². The van der Waals surface area contributed by atoms with E-state index in [1.165, 1.54) is 5.56 Å². The summed E-state index contributed by atoms with van der Waals surface area (Å²) < 4.78 is 0. The summed E-state index contributed by atoms with van der Waals surface area (Å²) in [5.74, 6) is 0.255. The number of hydrogen-bond donors (Lipinski definition) is 1. The van der Waals surface area contributed by atoms with Crippen molar-refractivity contribution in [1.29, 1.82) is 0 Å². The van der Waals surface area contributed by atoms with Gasteiger partial charge in [-0.05, 0) is 11.5 Å². The molecular formula is C18H25N3O2. The van der Waals surface area contributed by atoms with Crippen LogP contribution in [-0.4, -0.2) is 53.3 Å². The van der Waals surface area contributed by atoms with Crippen molar-refractivity contribution in [1.82, 2.24) is 15.1 Å².